The summed E-state index contributed by atoms with van der Waals surface area (Å²) in [4.78, 5) is 11.0. The quantitative estimate of drug-likeness (QED) is 0.820. The van der Waals surface area contributed by atoms with Gasteiger partial charge >= 0.3 is 5.97 Å². The summed E-state index contributed by atoms with van der Waals surface area (Å²) in [5.41, 5.74) is 2.08. The zero-order chi connectivity index (χ0) is 15.1. The van der Waals surface area contributed by atoms with Crippen molar-refractivity contribution < 1.29 is 14.6 Å². The molecule has 2 aromatic carbocycles. The van der Waals surface area contributed by atoms with E-state index in [9.17, 15) is 4.79 Å². The Morgan fingerprint density at radius 1 is 1.10 bits per heavy atom. The summed E-state index contributed by atoms with van der Waals surface area (Å²) in [5, 5.41) is 11.8. The Labute approximate surface area is 124 Å². The number of nitrogens with one attached hydrogen (secondary N) is 1. The van der Waals surface area contributed by atoms with Crippen molar-refractivity contribution in [3.05, 3.63) is 65.7 Å². The van der Waals surface area contributed by atoms with E-state index in [1.165, 1.54) is 0 Å². The summed E-state index contributed by atoms with van der Waals surface area (Å²) < 4.78 is 5.69. The van der Waals surface area contributed by atoms with Crippen molar-refractivity contribution in [3.63, 3.8) is 0 Å². The summed E-state index contributed by atoms with van der Waals surface area (Å²) in [6, 6.07) is 16.9. The molecular weight excluding hydrogens is 266 g/mol. The van der Waals surface area contributed by atoms with Crippen molar-refractivity contribution in [3.8, 4) is 5.75 Å². The van der Waals surface area contributed by atoms with E-state index in [0.717, 1.165) is 16.9 Å². The minimum atomic E-state index is -0.845. The summed E-state index contributed by atoms with van der Waals surface area (Å²) in [7, 11) is 1.65. The molecule has 2 aromatic rings. The summed E-state index contributed by atoms with van der Waals surface area (Å²) >= 11 is 0. The molecule has 0 saturated carbocycles. The first kappa shape index (κ1) is 15.1. The van der Waals surface area contributed by atoms with Crippen molar-refractivity contribution >= 4 is 5.97 Å². The molecule has 2 N–H and O–H groups in total. The van der Waals surface area contributed by atoms with Crippen LogP contribution in [-0.2, 0) is 17.8 Å². The first-order valence-electron chi connectivity index (χ1n) is 6.85. The molecule has 0 aliphatic rings. The Balaban J connectivity index is 1.91. The molecule has 1 atom stereocenters. The lowest BCUT2D eigenvalue weighted by atomic mass is 10.1. The van der Waals surface area contributed by atoms with E-state index < -0.39 is 12.0 Å². The van der Waals surface area contributed by atoms with Gasteiger partial charge in [0.15, 0.2) is 0 Å². The number of rotatable bonds is 7. The highest BCUT2D eigenvalue weighted by Gasteiger charge is 2.14. The summed E-state index contributed by atoms with van der Waals surface area (Å²) in [5.74, 6) is -0.0687. The highest BCUT2D eigenvalue weighted by atomic mass is 16.5. The monoisotopic (exact) mass is 285 g/mol. The zero-order valence-corrected chi connectivity index (χ0v) is 12.0. The van der Waals surface area contributed by atoms with E-state index in [1.54, 1.807) is 7.05 Å². The Bertz CT molecular complexity index is 566. The average molecular weight is 285 g/mol. The molecule has 110 valence electrons. The largest absolute Gasteiger partial charge is 0.489 e. The molecule has 0 aliphatic carbocycles. The topological polar surface area (TPSA) is 58.6 Å². The van der Waals surface area contributed by atoms with Crippen molar-refractivity contribution in [2.45, 2.75) is 19.1 Å². The number of ether oxygens (including phenoxy) is 1. The van der Waals surface area contributed by atoms with Crippen LogP contribution in [0, 0.1) is 0 Å². The summed E-state index contributed by atoms with van der Waals surface area (Å²) in [6.07, 6.45) is 0.449. The van der Waals surface area contributed by atoms with Gasteiger partial charge in [-0.05, 0) is 36.7 Å². The van der Waals surface area contributed by atoms with E-state index in [-0.39, 0.29) is 0 Å². The van der Waals surface area contributed by atoms with Crippen LogP contribution in [0.4, 0.5) is 0 Å². The first-order valence-corrected chi connectivity index (χ1v) is 6.85. The second kappa shape index (κ2) is 7.45. The number of likely N-dealkylation sites (N-methyl/N-ethyl adjacent to an activating group) is 1. The Hall–Kier alpha value is -2.33. The van der Waals surface area contributed by atoms with Gasteiger partial charge in [-0.15, -0.1) is 0 Å². The molecule has 0 unspecified atom stereocenters. The Morgan fingerprint density at radius 2 is 1.76 bits per heavy atom. The SMILES string of the molecule is CN[C@H](Cc1ccc(OCc2ccccc2)cc1)C(=O)O. The van der Waals surface area contributed by atoms with Crippen LogP contribution >= 0.6 is 0 Å². The number of carboxylic acid groups (broad SMARTS) is 1. The van der Waals surface area contributed by atoms with E-state index in [1.807, 2.05) is 54.6 Å². The molecule has 4 nitrogen and oxygen atoms in total. The first-order chi connectivity index (χ1) is 10.2. The fraction of sp³-hybridized carbons (Fsp3) is 0.235. The minimum Gasteiger partial charge on any atom is -0.489 e. The van der Waals surface area contributed by atoms with Crippen molar-refractivity contribution in [2.75, 3.05) is 7.05 Å². The zero-order valence-electron chi connectivity index (χ0n) is 12.0. The standard InChI is InChI=1S/C17H19NO3/c1-18-16(17(19)20)11-13-7-9-15(10-8-13)21-12-14-5-3-2-4-6-14/h2-10,16,18H,11-12H2,1H3,(H,19,20)/t16-/m1/s1. The maximum atomic E-state index is 11.0. The van der Waals surface area contributed by atoms with Crippen molar-refractivity contribution in [2.24, 2.45) is 0 Å². The fourth-order valence-electron chi connectivity index (χ4n) is 2.01. The van der Waals surface area contributed by atoms with Crippen LogP contribution in [0.3, 0.4) is 0 Å². The maximum Gasteiger partial charge on any atom is 0.321 e. The molecule has 0 aromatic heterocycles. The molecule has 0 heterocycles. The normalized spacial score (nSPS) is 11.9. The van der Waals surface area contributed by atoms with Crippen LogP contribution in [0.2, 0.25) is 0 Å². The lowest BCUT2D eigenvalue weighted by Gasteiger charge is -2.12. The number of carbonyl (C=O) groups is 1. The number of benzene rings is 2. The third-order valence-corrected chi connectivity index (χ3v) is 3.26. The summed E-state index contributed by atoms with van der Waals surface area (Å²) in [6.45, 7) is 0.522. The molecule has 0 radical (unpaired) electrons. The van der Waals surface area contributed by atoms with Crippen LogP contribution in [0.25, 0.3) is 0 Å². The third-order valence-electron chi connectivity index (χ3n) is 3.26. The average Bonchev–Trinajstić information content (AvgIpc) is 2.52. The fourth-order valence-corrected chi connectivity index (χ4v) is 2.01. The highest BCUT2D eigenvalue weighted by molar-refractivity contribution is 5.73. The van der Waals surface area contributed by atoms with E-state index in [2.05, 4.69) is 5.32 Å². The number of aliphatic carboxylic acids is 1. The number of hydrogen-bond donors (Lipinski definition) is 2. The lowest BCUT2D eigenvalue weighted by Crippen LogP contribution is -2.35. The molecule has 0 bridgehead atoms. The predicted octanol–water partition coefficient (Wildman–Crippen LogP) is 2.48. The second-order valence-electron chi connectivity index (χ2n) is 4.80. The van der Waals surface area contributed by atoms with Crippen LogP contribution in [-0.4, -0.2) is 24.2 Å². The van der Waals surface area contributed by atoms with Gasteiger partial charge in [-0.25, -0.2) is 0 Å². The molecule has 0 amide bonds. The number of hydrogen-bond acceptors (Lipinski definition) is 3. The van der Waals surface area contributed by atoms with Gasteiger partial charge in [-0.2, -0.15) is 0 Å². The highest BCUT2D eigenvalue weighted by Crippen LogP contribution is 2.15. The molecule has 0 aliphatic heterocycles. The van der Waals surface area contributed by atoms with Gasteiger partial charge < -0.3 is 15.2 Å². The third kappa shape index (κ3) is 4.61. The molecule has 4 heteroatoms. The van der Waals surface area contributed by atoms with Gasteiger partial charge in [-0.1, -0.05) is 42.5 Å². The lowest BCUT2D eigenvalue weighted by molar-refractivity contribution is -0.139. The van der Waals surface area contributed by atoms with E-state index >= 15 is 0 Å². The second-order valence-corrected chi connectivity index (χ2v) is 4.80. The van der Waals surface area contributed by atoms with Gasteiger partial charge in [0.25, 0.3) is 0 Å². The Kier molecular flexibility index (Phi) is 5.35. The van der Waals surface area contributed by atoms with Crippen molar-refractivity contribution in [1.29, 1.82) is 0 Å². The maximum absolute atomic E-state index is 11.0. The van der Waals surface area contributed by atoms with E-state index in [0.29, 0.717) is 13.0 Å². The molecule has 0 fully saturated rings. The van der Waals surface area contributed by atoms with Crippen LogP contribution in [0.5, 0.6) is 5.75 Å². The van der Waals surface area contributed by atoms with E-state index in [4.69, 9.17) is 9.84 Å². The van der Waals surface area contributed by atoms with Gasteiger partial charge in [0.05, 0.1) is 0 Å². The van der Waals surface area contributed by atoms with Gasteiger partial charge in [0, 0.05) is 0 Å². The van der Waals surface area contributed by atoms with Gasteiger partial charge in [0.2, 0.25) is 0 Å². The molecular formula is C17H19NO3. The predicted molar refractivity (Wildman–Crippen MR) is 81.4 cm³/mol. The van der Waals surface area contributed by atoms with Crippen LogP contribution in [0.15, 0.2) is 54.6 Å². The smallest absolute Gasteiger partial charge is 0.321 e. The van der Waals surface area contributed by atoms with Gasteiger partial charge in [0.1, 0.15) is 18.4 Å². The molecule has 2 rings (SSSR count). The van der Waals surface area contributed by atoms with Gasteiger partial charge in [-0.3, -0.25) is 4.79 Å². The molecule has 0 saturated heterocycles. The minimum absolute atomic E-state index is 0.449. The van der Waals surface area contributed by atoms with Crippen LogP contribution < -0.4 is 10.1 Å². The van der Waals surface area contributed by atoms with Crippen LogP contribution in [0.1, 0.15) is 11.1 Å². The Morgan fingerprint density at radius 3 is 2.33 bits per heavy atom. The number of carboxylic acids is 1. The molecule has 21 heavy (non-hydrogen) atoms. The van der Waals surface area contributed by atoms with Crippen molar-refractivity contribution in [1.82, 2.24) is 5.32 Å². The molecule has 0 spiro atoms.